The van der Waals surface area contributed by atoms with E-state index < -0.39 is 21.3 Å². The maximum atomic E-state index is 5.41. The summed E-state index contributed by atoms with van der Waals surface area (Å²) in [6.07, 6.45) is 2.01. The number of benzene rings is 1. The van der Waals surface area contributed by atoms with Crippen LogP contribution < -0.4 is 3.10 Å². The fourth-order valence-corrected chi connectivity index (χ4v) is 2.16. The first-order valence-electron chi connectivity index (χ1n) is 2.98. The minimum atomic E-state index is -0.436. The molecule has 1 aliphatic heterocycles. The third-order valence-corrected chi connectivity index (χ3v) is 2.67. The molecule has 1 nitrogen and oxygen atoms in total. The molecule has 2 heteroatoms. The van der Waals surface area contributed by atoms with E-state index in [1.54, 1.807) is 0 Å². The number of para-hydroxylation sites is 1. The Balaban J connectivity index is 2.54. The molecule has 1 aliphatic rings. The average Bonchev–Trinajstić information content (AvgIpc) is 2.05. The standard InChI is InChI=1S/C8H5OTe/c1-2-4-8-7(3-1)5-6-10-9-8/h1-5H. The van der Waals surface area contributed by atoms with Gasteiger partial charge in [0.15, 0.2) is 0 Å². The van der Waals surface area contributed by atoms with Crippen molar-refractivity contribution in [2.24, 2.45) is 0 Å². The normalized spacial score (nSPS) is 14.0. The molecule has 0 unspecified atom stereocenters. The van der Waals surface area contributed by atoms with Crippen LogP contribution in [0.15, 0.2) is 24.3 Å². The minimum absolute atomic E-state index is 0.436. The molecule has 2 rings (SSSR count). The van der Waals surface area contributed by atoms with Gasteiger partial charge in [0.05, 0.1) is 0 Å². The van der Waals surface area contributed by atoms with Crippen molar-refractivity contribution in [3.63, 3.8) is 0 Å². The van der Waals surface area contributed by atoms with E-state index in [0.29, 0.717) is 0 Å². The number of fused-ring (bicyclic) bond motifs is 1. The molecule has 0 aromatic heterocycles. The molecule has 0 spiro atoms. The van der Waals surface area contributed by atoms with Crippen LogP contribution in [0.4, 0.5) is 0 Å². The second kappa shape index (κ2) is 2.65. The Bertz CT molecular complexity index is 268. The van der Waals surface area contributed by atoms with Crippen LogP contribution in [0.3, 0.4) is 0 Å². The van der Waals surface area contributed by atoms with Crippen LogP contribution >= 0.6 is 0 Å². The summed E-state index contributed by atoms with van der Waals surface area (Å²) in [6.45, 7) is 0. The van der Waals surface area contributed by atoms with Crippen LogP contribution in [0, 0.1) is 4.12 Å². The molecule has 0 fully saturated rings. The van der Waals surface area contributed by atoms with Gasteiger partial charge in [0.2, 0.25) is 0 Å². The van der Waals surface area contributed by atoms with Crippen molar-refractivity contribution in [3.8, 4) is 5.75 Å². The van der Waals surface area contributed by atoms with Gasteiger partial charge in [0.1, 0.15) is 0 Å². The molecule has 0 saturated carbocycles. The molecule has 1 radical (unpaired) electrons. The van der Waals surface area contributed by atoms with Crippen LogP contribution in [0.1, 0.15) is 5.56 Å². The van der Waals surface area contributed by atoms with E-state index in [1.807, 2.05) is 30.3 Å². The summed E-state index contributed by atoms with van der Waals surface area (Å²) in [5.41, 5.74) is 1.15. The first-order valence-corrected chi connectivity index (χ1v) is 5.10. The van der Waals surface area contributed by atoms with Gasteiger partial charge in [0, 0.05) is 0 Å². The van der Waals surface area contributed by atoms with Crippen molar-refractivity contribution in [2.75, 3.05) is 0 Å². The van der Waals surface area contributed by atoms with Crippen molar-refractivity contribution in [3.05, 3.63) is 34.0 Å². The Morgan fingerprint density at radius 2 is 2.20 bits per heavy atom. The first-order chi connectivity index (χ1) is 4.97. The zero-order valence-electron chi connectivity index (χ0n) is 5.20. The fraction of sp³-hybridized carbons (Fsp3) is 0. The molecule has 0 aliphatic carbocycles. The van der Waals surface area contributed by atoms with E-state index in [1.165, 1.54) is 0 Å². The summed E-state index contributed by atoms with van der Waals surface area (Å²) in [6, 6.07) is 8.03. The third kappa shape index (κ3) is 1.05. The molecule has 49 valence electrons. The fourth-order valence-electron chi connectivity index (χ4n) is 0.832. The van der Waals surface area contributed by atoms with Gasteiger partial charge in [-0.1, -0.05) is 0 Å². The van der Waals surface area contributed by atoms with Crippen molar-refractivity contribution in [1.82, 2.24) is 0 Å². The maximum absolute atomic E-state index is 5.41. The molecule has 0 amide bonds. The predicted octanol–water partition coefficient (Wildman–Crippen LogP) is 1.47. The summed E-state index contributed by atoms with van der Waals surface area (Å²) >= 11 is -0.436. The van der Waals surface area contributed by atoms with Crippen molar-refractivity contribution < 1.29 is 3.10 Å². The molecule has 1 heterocycles. The molecule has 0 N–H and O–H groups in total. The molecule has 0 atom stereocenters. The Hall–Kier alpha value is -0.450. The van der Waals surface area contributed by atoms with Crippen LogP contribution in [0.25, 0.3) is 6.08 Å². The summed E-state index contributed by atoms with van der Waals surface area (Å²) < 4.78 is 8.53. The molecular weight excluding hydrogens is 240 g/mol. The number of rotatable bonds is 0. The van der Waals surface area contributed by atoms with Gasteiger partial charge in [-0.15, -0.1) is 0 Å². The predicted molar refractivity (Wildman–Crippen MR) is 40.5 cm³/mol. The Morgan fingerprint density at radius 3 is 3.10 bits per heavy atom. The van der Waals surface area contributed by atoms with E-state index in [-0.39, 0.29) is 0 Å². The zero-order valence-corrected chi connectivity index (χ0v) is 7.53. The Kier molecular flexibility index (Phi) is 1.66. The van der Waals surface area contributed by atoms with Gasteiger partial charge in [-0.3, -0.25) is 0 Å². The molecular formula is C8H5OTe. The molecule has 1 aromatic carbocycles. The van der Waals surface area contributed by atoms with Crippen LogP contribution in [-0.2, 0) is 0 Å². The molecule has 0 bridgehead atoms. The average molecular weight is 245 g/mol. The topological polar surface area (TPSA) is 9.23 Å². The summed E-state index contributed by atoms with van der Waals surface area (Å²) in [4.78, 5) is 0. The van der Waals surface area contributed by atoms with E-state index in [0.717, 1.165) is 11.3 Å². The van der Waals surface area contributed by atoms with Crippen molar-refractivity contribution >= 4 is 27.4 Å². The monoisotopic (exact) mass is 247 g/mol. The summed E-state index contributed by atoms with van der Waals surface area (Å²) in [5, 5.41) is 0. The Morgan fingerprint density at radius 1 is 1.30 bits per heavy atom. The zero-order chi connectivity index (χ0) is 6.81. The van der Waals surface area contributed by atoms with Crippen LogP contribution in [-0.4, -0.2) is 21.3 Å². The summed E-state index contributed by atoms with van der Waals surface area (Å²) in [7, 11) is 0. The van der Waals surface area contributed by atoms with Gasteiger partial charge in [0.25, 0.3) is 0 Å². The van der Waals surface area contributed by atoms with Crippen LogP contribution in [0.2, 0.25) is 0 Å². The van der Waals surface area contributed by atoms with E-state index in [2.05, 4.69) is 4.12 Å². The molecule has 1 aromatic rings. The van der Waals surface area contributed by atoms with Gasteiger partial charge < -0.3 is 0 Å². The quantitative estimate of drug-likeness (QED) is 0.628. The molecule has 0 saturated heterocycles. The first kappa shape index (κ1) is 6.27. The van der Waals surface area contributed by atoms with Gasteiger partial charge in [-0.05, 0) is 0 Å². The SMILES string of the molecule is [C]1=Cc2ccccc2O[Te]1. The van der Waals surface area contributed by atoms with Crippen molar-refractivity contribution in [2.45, 2.75) is 0 Å². The Labute approximate surface area is 70.3 Å². The van der Waals surface area contributed by atoms with Gasteiger partial charge in [-0.25, -0.2) is 0 Å². The molecule has 10 heavy (non-hydrogen) atoms. The van der Waals surface area contributed by atoms with Gasteiger partial charge in [-0.2, -0.15) is 0 Å². The second-order valence-corrected chi connectivity index (χ2v) is 3.59. The summed E-state index contributed by atoms with van der Waals surface area (Å²) in [5.74, 6) is 1.02. The van der Waals surface area contributed by atoms with Crippen molar-refractivity contribution in [1.29, 1.82) is 0 Å². The third-order valence-electron chi connectivity index (χ3n) is 1.31. The van der Waals surface area contributed by atoms with E-state index in [4.69, 9.17) is 3.10 Å². The van der Waals surface area contributed by atoms with E-state index >= 15 is 0 Å². The van der Waals surface area contributed by atoms with E-state index in [9.17, 15) is 0 Å². The second-order valence-electron chi connectivity index (χ2n) is 1.97. The number of hydrogen-bond donors (Lipinski definition) is 0. The van der Waals surface area contributed by atoms with Gasteiger partial charge >= 0.3 is 70.2 Å². The number of hydrogen-bond acceptors (Lipinski definition) is 1. The van der Waals surface area contributed by atoms with Crippen LogP contribution in [0.5, 0.6) is 5.75 Å².